The molecule has 24 heavy (non-hydrogen) atoms. The average Bonchev–Trinajstić information content (AvgIpc) is 2.63. The van der Waals surface area contributed by atoms with E-state index in [1.807, 2.05) is 6.07 Å². The monoisotopic (exact) mass is 332 g/mol. The minimum absolute atomic E-state index is 0.0324. The van der Waals surface area contributed by atoms with Crippen LogP contribution in [0.25, 0.3) is 0 Å². The largest absolute Gasteiger partial charge is 0.494 e. The second-order valence-electron chi connectivity index (χ2n) is 9.21. The lowest BCUT2D eigenvalue weighted by atomic mass is 9.72. The predicted octanol–water partition coefficient (Wildman–Crippen LogP) is 2.50. The molecule has 1 aromatic rings. The zero-order valence-electron chi connectivity index (χ0n) is 15.9. The number of ether oxygens (including phenoxy) is 1. The molecule has 2 saturated heterocycles. The summed E-state index contributed by atoms with van der Waals surface area (Å²) in [4.78, 5) is 0. The lowest BCUT2D eigenvalue weighted by Crippen LogP contribution is -2.48. The van der Waals surface area contributed by atoms with Crippen LogP contribution in [0.1, 0.15) is 59.6 Å². The molecule has 0 aliphatic carbocycles. The molecule has 0 bridgehead atoms. The van der Waals surface area contributed by atoms with Gasteiger partial charge in [0.1, 0.15) is 5.60 Å². The standard InChI is InChI=1S/C19H29BO4/c1-16(2,3)13-8-14(19(21)11-22-12-19)10-15(9-13)20-23-17(4,5)18(6,7)24-20/h8-10,21H,11-12H2,1-7H3. The fourth-order valence-electron chi connectivity index (χ4n) is 2.93. The van der Waals surface area contributed by atoms with Crippen LogP contribution in [0.15, 0.2) is 18.2 Å². The molecule has 132 valence electrons. The second-order valence-corrected chi connectivity index (χ2v) is 9.21. The van der Waals surface area contributed by atoms with Gasteiger partial charge in [-0.15, -0.1) is 0 Å². The highest BCUT2D eigenvalue weighted by Crippen LogP contribution is 2.38. The Morgan fingerprint density at radius 3 is 1.92 bits per heavy atom. The maximum Gasteiger partial charge on any atom is 0.494 e. The van der Waals surface area contributed by atoms with Crippen LogP contribution in [-0.4, -0.2) is 36.6 Å². The molecule has 0 unspecified atom stereocenters. The van der Waals surface area contributed by atoms with Gasteiger partial charge in [-0.05, 0) is 49.7 Å². The summed E-state index contributed by atoms with van der Waals surface area (Å²) in [5.74, 6) is 0. The summed E-state index contributed by atoms with van der Waals surface area (Å²) < 4.78 is 17.6. The van der Waals surface area contributed by atoms with Crippen LogP contribution in [-0.2, 0) is 25.1 Å². The van der Waals surface area contributed by atoms with E-state index in [2.05, 4.69) is 60.6 Å². The van der Waals surface area contributed by atoms with Gasteiger partial charge in [-0.3, -0.25) is 0 Å². The molecule has 3 rings (SSSR count). The molecule has 4 nitrogen and oxygen atoms in total. The van der Waals surface area contributed by atoms with E-state index in [0.717, 1.165) is 16.6 Å². The van der Waals surface area contributed by atoms with Gasteiger partial charge < -0.3 is 19.2 Å². The van der Waals surface area contributed by atoms with Gasteiger partial charge in [0.05, 0.1) is 24.4 Å². The van der Waals surface area contributed by atoms with Crippen molar-refractivity contribution in [2.45, 2.75) is 70.7 Å². The van der Waals surface area contributed by atoms with Crippen molar-refractivity contribution >= 4 is 12.6 Å². The summed E-state index contributed by atoms with van der Waals surface area (Å²) in [6, 6.07) is 6.21. The van der Waals surface area contributed by atoms with Crippen molar-refractivity contribution in [1.29, 1.82) is 0 Å². The van der Waals surface area contributed by atoms with Gasteiger partial charge in [0.15, 0.2) is 0 Å². The summed E-state index contributed by atoms with van der Waals surface area (Å²) in [5, 5.41) is 10.7. The van der Waals surface area contributed by atoms with Crippen molar-refractivity contribution in [3.05, 3.63) is 29.3 Å². The molecule has 0 atom stereocenters. The Hall–Kier alpha value is -0.875. The summed E-state index contributed by atoms with van der Waals surface area (Å²) in [6.07, 6.45) is 0. The molecule has 2 aliphatic rings. The van der Waals surface area contributed by atoms with Crippen LogP contribution >= 0.6 is 0 Å². The maximum absolute atomic E-state index is 10.7. The molecule has 1 N–H and O–H groups in total. The Kier molecular flexibility index (Phi) is 3.97. The fourth-order valence-corrected chi connectivity index (χ4v) is 2.93. The molecular weight excluding hydrogens is 303 g/mol. The summed E-state index contributed by atoms with van der Waals surface area (Å²) >= 11 is 0. The van der Waals surface area contributed by atoms with E-state index in [4.69, 9.17) is 14.0 Å². The molecule has 0 radical (unpaired) electrons. The van der Waals surface area contributed by atoms with Gasteiger partial charge in [-0.25, -0.2) is 0 Å². The molecule has 2 fully saturated rings. The third-order valence-electron chi connectivity index (χ3n) is 5.57. The van der Waals surface area contributed by atoms with Gasteiger partial charge in [-0.2, -0.15) is 0 Å². The summed E-state index contributed by atoms with van der Waals surface area (Å²) in [7, 11) is -0.430. The van der Waals surface area contributed by atoms with Gasteiger partial charge in [-0.1, -0.05) is 39.0 Å². The van der Waals surface area contributed by atoms with E-state index in [-0.39, 0.29) is 16.6 Å². The average molecular weight is 332 g/mol. The number of hydrogen-bond acceptors (Lipinski definition) is 4. The van der Waals surface area contributed by atoms with Crippen molar-refractivity contribution in [2.24, 2.45) is 0 Å². The van der Waals surface area contributed by atoms with Crippen molar-refractivity contribution in [3.63, 3.8) is 0 Å². The smallest absolute Gasteiger partial charge is 0.399 e. The summed E-state index contributed by atoms with van der Waals surface area (Å²) in [5.41, 5.74) is 1.29. The molecule has 0 amide bonds. The van der Waals surface area contributed by atoms with Gasteiger partial charge in [0.25, 0.3) is 0 Å². The number of rotatable bonds is 2. The van der Waals surface area contributed by atoms with Crippen LogP contribution in [0.5, 0.6) is 0 Å². The van der Waals surface area contributed by atoms with E-state index in [1.165, 1.54) is 0 Å². The quantitative estimate of drug-likeness (QED) is 0.846. The Bertz CT molecular complexity index is 625. The molecule has 1 aromatic carbocycles. The Morgan fingerprint density at radius 2 is 1.50 bits per heavy atom. The van der Waals surface area contributed by atoms with Gasteiger partial charge >= 0.3 is 7.12 Å². The zero-order chi connectivity index (χ0) is 18.0. The molecule has 2 heterocycles. The van der Waals surface area contributed by atoms with E-state index in [9.17, 15) is 5.11 Å². The molecule has 2 aliphatic heterocycles. The fraction of sp³-hybridized carbons (Fsp3) is 0.684. The minimum Gasteiger partial charge on any atom is -0.399 e. The third-order valence-corrected chi connectivity index (χ3v) is 5.57. The number of benzene rings is 1. The van der Waals surface area contributed by atoms with Crippen molar-refractivity contribution in [1.82, 2.24) is 0 Å². The molecule has 0 saturated carbocycles. The van der Waals surface area contributed by atoms with E-state index in [0.29, 0.717) is 13.2 Å². The molecule has 0 aromatic heterocycles. The second kappa shape index (κ2) is 5.31. The number of aliphatic hydroxyl groups is 1. The Labute approximate surface area is 145 Å². The molecule has 0 spiro atoms. The highest BCUT2D eigenvalue weighted by Gasteiger charge is 2.52. The first-order valence-electron chi connectivity index (χ1n) is 8.66. The first-order valence-corrected chi connectivity index (χ1v) is 8.66. The molecular formula is C19H29BO4. The zero-order valence-corrected chi connectivity index (χ0v) is 15.9. The number of hydrogen-bond donors (Lipinski definition) is 1. The van der Waals surface area contributed by atoms with Crippen molar-refractivity contribution in [2.75, 3.05) is 13.2 Å². The van der Waals surface area contributed by atoms with Crippen LogP contribution in [0.3, 0.4) is 0 Å². The van der Waals surface area contributed by atoms with Gasteiger partial charge in [0.2, 0.25) is 0 Å². The first kappa shape index (κ1) is 17.9. The van der Waals surface area contributed by atoms with Crippen LogP contribution in [0.2, 0.25) is 0 Å². The van der Waals surface area contributed by atoms with Crippen molar-refractivity contribution in [3.8, 4) is 0 Å². The van der Waals surface area contributed by atoms with Gasteiger partial charge in [0, 0.05) is 0 Å². The Balaban J connectivity index is 2.03. The SMILES string of the molecule is CC(C)(C)c1cc(B2OC(C)(C)C(C)(C)O2)cc(C2(O)COC2)c1. The highest BCUT2D eigenvalue weighted by atomic mass is 16.7. The predicted molar refractivity (Wildman–Crippen MR) is 95.6 cm³/mol. The van der Waals surface area contributed by atoms with Crippen LogP contribution in [0, 0.1) is 0 Å². The van der Waals surface area contributed by atoms with Crippen LogP contribution in [0.4, 0.5) is 0 Å². The lowest BCUT2D eigenvalue weighted by molar-refractivity contribution is -0.184. The molecule has 5 heteroatoms. The normalized spacial score (nSPS) is 24.8. The Morgan fingerprint density at radius 1 is 0.958 bits per heavy atom. The van der Waals surface area contributed by atoms with Crippen molar-refractivity contribution < 1.29 is 19.2 Å². The maximum atomic E-state index is 10.7. The topological polar surface area (TPSA) is 47.9 Å². The van der Waals surface area contributed by atoms with E-state index < -0.39 is 12.7 Å². The van der Waals surface area contributed by atoms with Crippen LogP contribution < -0.4 is 5.46 Å². The lowest BCUT2D eigenvalue weighted by Gasteiger charge is -2.38. The van der Waals surface area contributed by atoms with E-state index >= 15 is 0 Å². The highest BCUT2D eigenvalue weighted by molar-refractivity contribution is 6.62. The first-order chi connectivity index (χ1) is 10.8. The summed E-state index contributed by atoms with van der Waals surface area (Å²) in [6.45, 7) is 15.4. The third kappa shape index (κ3) is 2.92. The minimum atomic E-state index is -0.903. The van der Waals surface area contributed by atoms with E-state index in [1.54, 1.807) is 0 Å².